The number of esters is 2. The fourth-order valence-electron chi connectivity index (χ4n) is 1.98. The van der Waals surface area contributed by atoms with E-state index >= 15 is 0 Å². The molecular weight excluding hydrogens is 310 g/mol. The van der Waals surface area contributed by atoms with Gasteiger partial charge in [0.2, 0.25) is 5.43 Å². The average Bonchev–Trinajstić information content (AvgIpc) is 2.57. The summed E-state index contributed by atoms with van der Waals surface area (Å²) in [6.07, 6.45) is -0.742. The molecule has 0 atom stereocenters. The van der Waals surface area contributed by atoms with Crippen LogP contribution in [-0.4, -0.2) is 58.8 Å². The molecule has 23 heavy (non-hydrogen) atoms. The molecule has 1 aromatic rings. The van der Waals surface area contributed by atoms with Gasteiger partial charge in [0.1, 0.15) is 5.56 Å². The van der Waals surface area contributed by atoms with Crippen LogP contribution in [0.2, 0.25) is 0 Å². The van der Waals surface area contributed by atoms with E-state index in [-0.39, 0.29) is 29.1 Å². The number of carbonyl (C=O) groups is 2. The Kier molecular flexibility index (Phi) is 6.73. The van der Waals surface area contributed by atoms with E-state index < -0.39 is 23.7 Å². The van der Waals surface area contributed by atoms with Gasteiger partial charge in [-0.3, -0.25) is 4.79 Å². The maximum atomic E-state index is 12.5. The maximum absolute atomic E-state index is 12.5. The molecule has 0 saturated heterocycles. The number of carbonyl (C=O) groups excluding carboxylic acids is 2. The van der Waals surface area contributed by atoms with Gasteiger partial charge in [-0.15, -0.1) is 0 Å². The Morgan fingerprint density at radius 2 is 1.57 bits per heavy atom. The SMILES string of the molecule is COC(=O)c1[nH]c(CC(OC)OC)c(C(=O)OC)c(=O)c1OC. The standard InChI is InChI=1S/C14H19NO8/c1-19-8(20-2)6-7-9(13(17)22-4)11(16)12(21-3)10(15-7)14(18)23-5/h8H,6H2,1-5H3,(H,15,16). The number of methoxy groups -OCH3 is 5. The van der Waals surface area contributed by atoms with Gasteiger partial charge in [0.15, 0.2) is 17.7 Å². The van der Waals surface area contributed by atoms with Gasteiger partial charge in [-0.25, -0.2) is 9.59 Å². The summed E-state index contributed by atoms with van der Waals surface area (Å²) in [7, 11) is 6.28. The third kappa shape index (κ3) is 3.88. The van der Waals surface area contributed by atoms with Crippen LogP contribution >= 0.6 is 0 Å². The van der Waals surface area contributed by atoms with Crippen molar-refractivity contribution in [3.05, 3.63) is 27.2 Å². The first kappa shape index (κ1) is 18.7. The maximum Gasteiger partial charge on any atom is 0.358 e. The zero-order valence-corrected chi connectivity index (χ0v) is 13.6. The van der Waals surface area contributed by atoms with Gasteiger partial charge in [-0.05, 0) is 0 Å². The van der Waals surface area contributed by atoms with Crippen molar-refractivity contribution in [2.24, 2.45) is 0 Å². The first-order chi connectivity index (χ1) is 10.9. The molecule has 0 bridgehead atoms. The molecule has 0 aliphatic carbocycles. The molecule has 0 aliphatic heterocycles. The van der Waals surface area contributed by atoms with E-state index in [9.17, 15) is 14.4 Å². The quantitative estimate of drug-likeness (QED) is 0.554. The fourth-order valence-corrected chi connectivity index (χ4v) is 1.98. The first-order valence-corrected chi connectivity index (χ1v) is 6.50. The summed E-state index contributed by atoms with van der Waals surface area (Å²) in [4.78, 5) is 38.9. The Labute approximate surface area is 132 Å². The summed E-state index contributed by atoms with van der Waals surface area (Å²) in [5.41, 5.74) is -1.19. The number of H-pyrrole nitrogens is 1. The highest BCUT2D eigenvalue weighted by atomic mass is 16.7. The lowest BCUT2D eigenvalue weighted by atomic mass is 10.1. The van der Waals surface area contributed by atoms with Crippen LogP contribution in [0.25, 0.3) is 0 Å². The predicted molar refractivity (Wildman–Crippen MR) is 77.8 cm³/mol. The lowest BCUT2D eigenvalue weighted by Gasteiger charge is -2.17. The number of rotatable bonds is 7. The fraction of sp³-hybridized carbons (Fsp3) is 0.500. The van der Waals surface area contributed by atoms with Crippen LogP contribution in [-0.2, 0) is 25.4 Å². The molecule has 0 fully saturated rings. The van der Waals surface area contributed by atoms with Crippen LogP contribution in [0.5, 0.6) is 5.75 Å². The van der Waals surface area contributed by atoms with Gasteiger partial charge in [-0.2, -0.15) is 0 Å². The highest BCUT2D eigenvalue weighted by Gasteiger charge is 2.28. The van der Waals surface area contributed by atoms with Crippen LogP contribution < -0.4 is 10.2 Å². The number of aromatic amines is 1. The molecular formula is C14H19NO8. The molecule has 0 unspecified atom stereocenters. The molecule has 0 radical (unpaired) electrons. The Morgan fingerprint density at radius 3 is 2.00 bits per heavy atom. The summed E-state index contributed by atoms with van der Waals surface area (Å²) < 4.78 is 24.3. The lowest BCUT2D eigenvalue weighted by Crippen LogP contribution is -2.28. The van der Waals surface area contributed by atoms with E-state index in [4.69, 9.17) is 14.2 Å². The molecule has 0 spiro atoms. The van der Waals surface area contributed by atoms with Crippen molar-refractivity contribution in [1.82, 2.24) is 4.98 Å². The van der Waals surface area contributed by atoms with E-state index in [1.807, 2.05) is 0 Å². The molecule has 9 nitrogen and oxygen atoms in total. The van der Waals surface area contributed by atoms with Gasteiger partial charge in [0, 0.05) is 26.3 Å². The number of aromatic nitrogens is 1. The van der Waals surface area contributed by atoms with E-state index in [0.717, 1.165) is 14.2 Å². The number of nitrogens with one attached hydrogen (secondary N) is 1. The Bertz CT molecular complexity index is 632. The van der Waals surface area contributed by atoms with E-state index in [2.05, 4.69) is 14.5 Å². The molecule has 9 heteroatoms. The first-order valence-electron chi connectivity index (χ1n) is 6.50. The summed E-state index contributed by atoms with van der Waals surface area (Å²) in [6, 6.07) is 0. The van der Waals surface area contributed by atoms with Crippen molar-refractivity contribution >= 4 is 11.9 Å². The summed E-state index contributed by atoms with van der Waals surface area (Å²) in [5.74, 6) is -2.03. The van der Waals surface area contributed by atoms with Crippen molar-refractivity contribution < 1.29 is 33.3 Å². The molecule has 0 amide bonds. The minimum Gasteiger partial charge on any atom is -0.491 e. The Hall–Kier alpha value is -2.39. The van der Waals surface area contributed by atoms with E-state index in [1.54, 1.807) is 0 Å². The van der Waals surface area contributed by atoms with Crippen molar-refractivity contribution in [3.63, 3.8) is 0 Å². The van der Waals surface area contributed by atoms with Crippen molar-refractivity contribution in [1.29, 1.82) is 0 Å². The van der Waals surface area contributed by atoms with Crippen LogP contribution in [0, 0.1) is 0 Å². The second-order valence-corrected chi connectivity index (χ2v) is 4.30. The average molecular weight is 329 g/mol. The predicted octanol–water partition coefficient (Wildman–Crippen LogP) is 0.118. The summed E-state index contributed by atoms with van der Waals surface area (Å²) in [5, 5.41) is 0. The van der Waals surface area contributed by atoms with Crippen molar-refractivity contribution in [2.45, 2.75) is 12.7 Å². The molecule has 1 heterocycles. The van der Waals surface area contributed by atoms with Gasteiger partial charge in [-0.1, -0.05) is 0 Å². The Morgan fingerprint density at radius 1 is 1.00 bits per heavy atom. The van der Waals surface area contributed by atoms with Gasteiger partial charge < -0.3 is 28.7 Å². The Balaban J connectivity index is 3.62. The number of pyridine rings is 1. The number of ether oxygens (including phenoxy) is 5. The normalized spacial score (nSPS) is 10.5. The van der Waals surface area contributed by atoms with Crippen LogP contribution in [0.4, 0.5) is 0 Å². The summed E-state index contributed by atoms with van der Waals surface area (Å²) >= 11 is 0. The minimum absolute atomic E-state index is 0.000657. The highest BCUT2D eigenvalue weighted by Crippen LogP contribution is 2.18. The van der Waals surface area contributed by atoms with Crippen LogP contribution in [0.15, 0.2) is 4.79 Å². The number of hydrogen-bond acceptors (Lipinski definition) is 8. The third-order valence-corrected chi connectivity index (χ3v) is 3.12. The van der Waals surface area contributed by atoms with E-state index in [0.29, 0.717) is 0 Å². The number of hydrogen-bond donors (Lipinski definition) is 1. The molecule has 1 N–H and O–H groups in total. The zero-order chi connectivity index (χ0) is 17.6. The monoisotopic (exact) mass is 329 g/mol. The minimum atomic E-state index is -0.873. The smallest absolute Gasteiger partial charge is 0.358 e. The van der Waals surface area contributed by atoms with Crippen LogP contribution in [0.3, 0.4) is 0 Å². The van der Waals surface area contributed by atoms with Crippen molar-refractivity contribution in [2.75, 3.05) is 35.5 Å². The molecule has 0 aromatic carbocycles. The van der Waals surface area contributed by atoms with E-state index in [1.165, 1.54) is 21.3 Å². The topological polar surface area (TPSA) is 113 Å². The largest absolute Gasteiger partial charge is 0.491 e. The molecule has 1 aromatic heterocycles. The van der Waals surface area contributed by atoms with Gasteiger partial charge in [0.25, 0.3) is 0 Å². The molecule has 0 saturated carbocycles. The van der Waals surface area contributed by atoms with Gasteiger partial charge >= 0.3 is 11.9 Å². The lowest BCUT2D eigenvalue weighted by molar-refractivity contribution is -0.101. The van der Waals surface area contributed by atoms with Crippen LogP contribution in [0.1, 0.15) is 26.5 Å². The third-order valence-electron chi connectivity index (χ3n) is 3.12. The summed E-state index contributed by atoms with van der Waals surface area (Å²) in [6.45, 7) is 0. The highest BCUT2D eigenvalue weighted by molar-refractivity contribution is 5.95. The molecule has 128 valence electrons. The zero-order valence-electron chi connectivity index (χ0n) is 13.6. The van der Waals surface area contributed by atoms with Gasteiger partial charge in [0.05, 0.1) is 21.3 Å². The molecule has 0 aliphatic rings. The van der Waals surface area contributed by atoms with Crippen molar-refractivity contribution in [3.8, 4) is 5.75 Å². The second kappa shape index (κ2) is 8.30. The molecule has 1 rings (SSSR count). The second-order valence-electron chi connectivity index (χ2n) is 4.30.